The smallest absolute Gasteiger partial charge is 0.326 e. The lowest BCUT2D eigenvalue weighted by atomic mass is 10.0. The zero-order valence-corrected chi connectivity index (χ0v) is 19.1. The van der Waals surface area contributed by atoms with Gasteiger partial charge >= 0.3 is 5.97 Å². The Labute approximate surface area is 194 Å². The normalized spacial score (nSPS) is 11.6. The van der Waals surface area contributed by atoms with Crippen LogP contribution < -0.4 is 10.1 Å². The van der Waals surface area contributed by atoms with Crippen LogP contribution >= 0.6 is 11.3 Å². The lowest BCUT2D eigenvalue weighted by Gasteiger charge is -2.06. The van der Waals surface area contributed by atoms with Crippen LogP contribution in [0.1, 0.15) is 19.4 Å². The molecule has 0 atom stereocenters. The van der Waals surface area contributed by atoms with E-state index in [2.05, 4.69) is 10.3 Å². The van der Waals surface area contributed by atoms with Gasteiger partial charge in [0.05, 0.1) is 23.2 Å². The van der Waals surface area contributed by atoms with Crippen molar-refractivity contribution in [2.75, 3.05) is 11.9 Å². The fourth-order valence-electron chi connectivity index (χ4n) is 3.68. The number of thiazole rings is 1. The maximum Gasteiger partial charge on any atom is 0.326 e. The van der Waals surface area contributed by atoms with E-state index in [1.807, 2.05) is 42.5 Å². The molecule has 7 nitrogen and oxygen atoms in total. The van der Waals surface area contributed by atoms with Gasteiger partial charge in [-0.1, -0.05) is 53.8 Å². The third-order valence-electron chi connectivity index (χ3n) is 5.04. The Morgan fingerprint density at radius 3 is 2.64 bits per heavy atom. The summed E-state index contributed by atoms with van der Waals surface area (Å²) in [5.74, 6) is -0.899. The summed E-state index contributed by atoms with van der Waals surface area (Å²) >= 11 is 1.28. The summed E-state index contributed by atoms with van der Waals surface area (Å²) in [4.78, 5) is 41.3. The van der Waals surface area contributed by atoms with E-state index in [1.165, 1.54) is 18.3 Å². The van der Waals surface area contributed by atoms with Gasteiger partial charge in [0, 0.05) is 12.6 Å². The highest BCUT2D eigenvalue weighted by Gasteiger charge is 2.14. The number of carbonyl (C=O) groups excluding carboxylic acids is 3. The van der Waals surface area contributed by atoms with Gasteiger partial charge in [-0.15, -0.1) is 0 Å². The summed E-state index contributed by atoms with van der Waals surface area (Å²) in [5, 5.41) is 4.82. The second-order valence-electron chi connectivity index (χ2n) is 7.46. The molecular formula is C25H23N3O4S. The molecule has 0 spiro atoms. The highest BCUT2D eigenvalue weighted by Crippen LogP contribution is 2.23. The van der Waals surface area contributed by atoms with Crippen LogP contribution in [0.2, 0.25) is 0 Å². The largest absolute Gasteiger partial charge is 0.465 e. The Morgan fingerprint density at radius 1 is 1.06 bits per heavy atom. The number of nitrogens with zero attached hydrogens (tertiary/aromatic N) is 2. The second-order valence-corrected chi connectivity index (χ2v) is 8.47. The van der Waals surface area contributed by atoms with Crippen molar-refractivity contribution >= 4 is 55.8 Å². The predicted octanol–water partition coefficient (Wildman–Crippen LogP) is 4.05. The van der Waals surface area contributed by atoms with Crippen LogP contribution in [0.3, 0.4) is 0 Å². The molecule has 4 aromatic rings. The Bertz CT molecular complexity index is 1430. The summed E-state index contributed by atoms with van der Waals surface area (Å²) in [6.07, 6.45) is 0.145. The van der Waals surface area contributed by atoms with Gasteiger partial charge in [-0.05, 0) is 41.5 Å². The molecule has 0 fully saturated rings. The maximum atomic E-state index is 12.9. The van der Waals surface area contributed by atoms with E-state index >= 15 is 0 Å². The first-order valence-corrected chi connectivity index (χ1v) is 11.4. The third-order valence-corrected chi connectivity index (χ3v) is 6.08. The lowest BCUT2D eigenvalue weighted by molar-refractivity contribution is -0.143. The number of benzene rings is 3. The van der Waals surface area contributed by atoms with E-state index in [-0.39, 0.29) is 31.4 Å². The van der Waals surface area contributed by atoms with Crippen molar-refractivity contribution in [1.82, 2.24) is 4.57 Å². The summed E-state index contributed by atoms with van der Waals surface area (Å²) in [6, 6.07) is 19.1. The monoisotopic (exact) mass is 461 g/mol. The van der Waals surface area contributed by atoms with Gasteiger partial charge in [0.25, 0.3) is 5.91 Å². The van der Waals surface area contributed by atoms with Gasteiger partial charge in [0.1, 0.15) is 6.54 Å². The van der Waals surface area contributed by atoms with E-state index < -0.39 is 5.97 Å². The number of rotatable bonds is 6. The zero-order valence-electron chi connectivity index (χ0n) is 18.3. The number of carbonyl (C=O) groups is 3. The molecule has 2 amide bonds. The van der Waals surface area contributed by atoms with Crippen LogP contribution in [-0.2, 0) is 32.1 Å². The number of fused-ring (bicyclic) bond motifs is 2. The number of hydrogen-bond acceptors (Lipinski definition) is 5. The number of ether oxygens (including phenoxy) is 1. The SMILES string of the molecule is CCOC(=O)Cn1c(=NC(=O)Cc2cccc3ccccc23)sc2cc(NC(C)=O)ccc21. The van der Waals surface area contributed by atoms with Crippen LogP contribution in [0.4, 0.5) is 5.69 Å². The van der Waals surface area contributed by atoms with Crippen LogP contribution in [0.15, 0.2) is 65.7 Å². The number of aromatic nitrogens is 1. The van der Waals surface area contributed by atoms with Crippen molar-refractivity contribution in [1.29, 1.82) is 0 Å². The first kappa shape index (κ1) is 22.4. The van der Waals surface area contributed by atoms with Gasteiger partial charge in [-0.25, -0.2) is 0 Å². The van der Waals surface area contributed by atoms with E-state index in [0.29, 0.717) is 10.5 Å². The van der Waals surface area contributed by atoms with Crippen LogP contribution in [0.5, 0.6) is 0 Å². The van der Waals surface area contributed by atoms with Crippen molar-refractivity contribution in [2.24, 2.45) is 4.99 Å². The van der Waals surface area contributed by atoms with Crippen molar-refractivity contribution in [3.8, 4) is 0 Å². The predicted molar refractivity (Wildman–Crippen MR) is 129 cm³/mol. The molecule has 0 aliphatic heterocycles. The van der Waals surface area contributed by atoms with Crippen molar-refractivity contribution in [2.45, 2.75) is 26.8 Å². The van der Waals surface area contributed by atoms with Gasteiger partial charge < -0.3 is 14.6 Å². The molecule has 0 radical (unpaired) electrons. The number of hydrogen-bond donors (Lipinski definition) is 1. The molecule has 3 aromatic carbocycles. The summed E-state index contributed by atoms with van der Waals surface area (Å²) in [6.45, 7) is 3.38. The maximum absolute atomic E-state index is 12.9. The third kappa shape index (κ3) is 5.18. The van der Waals surface area contributed by atoms with Gasteiger partial charge in [-0.3, -0.25) is 14.4 Å². The van der Waals surface area contributed by atoms with Crippen LogP contribution in [0.25, 0.3) is 21.0 Å². The van der Waals surface area contributed by atoms with E-state index in [4.69, 9.17) is 4.74 Å². The summed E-state index contributed by atoms with van der Waals surface area (Å²) in [5.41, 5.74) is 2.26. The minimum Gasteiger partial charge on any atom is -0.465 e. The molecule has 8 heteroatoms. The molecule has 4 rings (SSSR count). The Kier molecular flexibility index (Phi) is 6.65. The first-order chi connectivity index (χ1) is 15.9. The number of esters is 1. The molecule has 33 heavy (non-hydrogen) atoms. The minimum absolute atomic E-state index is 0.0618. The Morgan fingerprint density at radius 2 is 1.85 bits per heavy atom. The number of anilines is 1. The van der Waals surface area contributed by atoms with Crippen molar-refractivity contribution in [3.05, 3.63) is 71.0 Å². The molecule has 168 valence electrons. The molecule has 0 aliphatic carbocycles. The Hall–Kier alpha value is -3.78. The van der Waals surface area contributed by atoms with E-state index in [9.17, 15) is 14.4 Å². The van der Waals surface area contributed by atoms with Crippen molar-refractivity contribution in [3.63, 3.8) is 0 Å². The molecule has 1 heterocycles. The highest BCUT2D eigenvalue weighted by atomic mass is 32.1. The topological polar surface area (TPSA) is 89.8 Å². The minimum atomic E-state index is -0.411. The molecule has 0 bridgehead atoms. The van der Waals surface area contributed by atoms with Crippen LogP contribution in [0, 0.1) is 0 Å². The van der Waals surface area contributed by atoms with E-state index in [0.717, 1.165) is 26.6 Å². The number of nitrogens with one attached hydrogen (secondary N) is 1. The van der Waals surface area contributed by atoms with Gasteiger partial charge in [0.2, 0.25) is 5.91 Å². The quantitative estimate of drug-likeness (QED) is 0.439. The molecule has 0 aliphatic rings. The van der Waals surface area contributed by atoms with E-state index in [1.54, 1.807) is 29.7 Å². The molecule has 0 saturated heterocycles. The molecule has 1 N–H and O–H groups in total. The fourth-order valence-corrected chi connectivity index (χ4v) is 4.77. The average Bonchev–Trinajstić information content (AvgIpc) is 3.09. The lowest BCUT2D eigenvalue weighted by Crippen LogP contribution is -2.23. The Balaban J connectivity index is 1.74. The number of amides is 2. The molecule has 1 aromatic heterocycles. The van der Waals surface area contributed by atoms with Crippen LogP contribution in [-0.4, -0.2) is 29.0 Å². The van der Waals surface area contributed by atoms with Gasteiger partial charge in [-0.2, -0.15) is 4.99 Å². The molecule has 0 saturated carbocycles. The fraction of sp³-hybridized carbons (Fsp3) is 0.200. The summed E-state index contributed by atoms with van der Waals surface area (Å²) < 4.78 is 7.58. The van der Waals surface area contributed by atoms with Gasteiger partial charge in [0.15, 0.2) is 4.80 Å². The standard InChI is InChI=1S/C25H23N3O4S/c1-3-32-24(31)15-28-21-12-11-19(26-16(2)29)14-22(21)33-25(28)27-23(30)13-18-9-6-8-17-7-4-5-10-20(17)18/h4-12,14H,3,13,15H2,1-2H3,(H,26,29). The first-order valence-electron chi connectivity index (χ1n) is 10.6. The second kappa shape index (κ2) is 9.79. The summed E-state index contributed by atoms with van der Waals surface area (Å²) in [7, 11) is 0. The molecule has 0 unspecified atom stereocenters. The zero-order chi connectivity index (χ0) is 23.4. The highest BCUT2D eigenvalue weighted by molar-refractivity contribution is 7.16. The van der Waals surface area contributed by atoms with Crippen molar-refractivity contribution < 1.29 is 19.1 Å². The average molecular weight is 462 g/mol. The molecular weight excluding hydrogens is 438 g/mol.